The Morgan fingerprint density at radius 3 is 2.71 bits per heavy atom. The smallest absolute Gasteiger partial charge is 0.164 e. The number of halogens is 2. The van der Waals surface area contributed by atoms with Gasteiger partial charge in [0, 0.05) is 0 Å². The third-order valence-electron chi connectivity index (χ3n) is 1.71. The summed E-state index contributed by atoms with van der Waals surface area (Å²) in [7, 11) is 0. The topological polar surface area (TPSA) is 26.3 Å². The van der Waals surface area contributed by atoms with Gasteiger partial charge in [0.25, 0.3) is 0 Å². The van der Waals surface area contributed by atoms with Gasteiger partial charge in [-0.25, -0.2) is 4.39 Å². The van der Waals surface area contributed by atoms with Crippen LogP contribution >= 0.6 is 15.9 Å². The lowest BCUT2D eigenvalue weighted by Gasteiger charge is -2.09. The number of carbonyl (C=O) groups excluding carboxylic acids is 1. The molecule has 14 heavy (non-hydrogen) atoms. The van der Waals surface area contributed by atoms with Gasteiger partial charge in [-0.1, -0.05) is 0 Å². The first-order chi connectivity index (χ1) is 6.57. The summed E-state index contributed by atoms with van der Waals surface area (Å²) < 4.78 is 18.5. The van der Waals surface area contributed by atoms with Crippen LogP contribution in [-0.2, 0) is 0 Å². The predicted octanol–water partition coefficient (Wildman–Crippen LogP) is 3.19. The third kappa shape index (κ3) is 2.12. The summed E-state index contributed by atoms with van der Waals surface area (Å²) in [5.41, 5.74) is 0.256. The zero-order valence-electron chi connectivity index (χ0n) is 7.93. The molecule has 0 aliphatic carbocycles. The minimum Gasteiger partial charge on any atom is -0.493 e. The lowest BCUT2D eigenvalue weighted by molar-refractivity contribution is 0.101. The van der Waals surface area contributed by atoms with E-state index < -0.39 is 5.82 Å². The van der Waals surface area contributed by atoms with Crippen LogP contribution in [0.5, 0.6) is 5.75 Å². The molecule has 0 aromatic heterocycles. The Labute approximate surface area is 90.2 Å². The number of rotatable bonds is 3. The van der Waals surface area contributed by atoms with E-state index in [9.17, 15) is 9.18 Å². The molecule has 1 rings (SSSR count). The maximum atomic E-state index is 13.1. The first kappa shape index (κ1) is 11.2. The van der Waals surface area contributed by atoms with Gasteiger partial charge in [0.2, 0.25) is 0 Å². The van der Waals surface area contributed by atoms with Crippen LogP contribution in [-0.4, -0.2) is 12.4 Å². The van der Waals surface area contributed by atoms with Crippen LogP contribution in [0.2, 0.25) is 0 Å². The highest BCUT2D eigenvalue weighted by Gasteiger charge is 2.15. The van der Waals surface area contributed by atoms with Crippen LogP contribution in [0.1, 0.15) is 24.2 Å². The Balaban J connectivity index is 3.30. The van der Waals surface area contributed by atoms with E-state index in [0.29, 0.717) is 12.4 Å². The summed E-state index contributed by atoms with van der Waals surface area (Å²) in [5, 5.41) is 0. The van der Waals surface area contributed by atoms with Crippen molar-refractivity contribution in [3.63, 3.8) is 0 Å². The van der Waals surface area contributed by atoms with Crippen molar-refractivity contribution in [3.05, 3.63) is 28.0 Å². The van der Waals surface area contributed by atoms with Crippen LogP contribution in [0, 0.1) is 5.82 Å². The highest BCUT2D eigenvalue weighted by molar-refractivity contribution is 9.10. The number of Topliss-reactive ketones (excluding diaryl/α,β-unsaturated/α-hetero) is 1. The number of ketones is 1. The molecular formula is C10H10BrFO2. The van der Waals surface area contributed by atoms with Crippen LogP contribution in [0.25, 0.3) is 0 Å². The van der Waals surface area contributed by atoms with Crippen molar-refractivity contribution in [2.75, 3.05) is 6.61 Å². The lowest BCUT2D eigenvalue weighted by Crippen LogP contribution is -2.02. The van der Waals surface area contributed by atoms with Crippen molar-refractivity contribution < 1.29 is 13.9 Å². The molecule has 4 heteroatoms. The normalized spacial score (nSPS) is 10.0. The highest BCUT2D eigenvalue weighted by Crippen LogP contribution is 2.29. The Morgan fingerprint density at radius 2 is 2.21 bits per heavy atom. The SMILES string of the molecule is CCOc1ccc(F)c(Br)c1C(C)=O. The molecule has 0 heterocycles. The first-order valence-corrected chi connectivity index (χ1v) is 4.99. The molecule has 0 saturated carbocycles. The van der Waals surface area contributed by atoms with Gasteiger partial charge in [-0.3, -0.25) is 4.79 Å². The summed E-state index contributed by atoms with van der Waals surface area (Å²) in [5.74, 6) is -0.272. The number of benzene rings is 1. The molecule has 0 N–H and O–H groups in total. The third-order valence-corrected chi connectivity index (χ3v) is 2.48. The van der Waals surface area contributed by atoms with Crippen LogP contribution in [0.15, 0.2) is 16.6 Å². The molecule has 0 fully saturated rings. The molecule has 76 valence electrons. The highest BCUT2D eigenvalue weighted by atomic mass is 79.9. The van der Waals surface area contributed by atoms with Crippen LogP contribution < -0.4 is 4.74 Å². The Morgan fingerprint density at radius 1 is 1.57 bits per heavy atom. The fourth-order valence-electron chi connectivity index (χ4n) is 1.14. The van der Waals surface area contributed by atoms with Gasteiger partial charge in [0.15, 0.2) is 5.78 Å². The molecule has 0 saturated heterocycles. The quantitative estimate of drug-likeness (QED) is 0.781. The fraction of sp³-hybridized carbons (Fsp3) is 0.300. The second-order valence-electron chi connectivity index (χ2n) is 2.72. The van der Waals surface area contributed by atoms with E-state index in [1.54, 1.807) is 6.92 Å². The van der Waals surface area contributed by atoms with Gasteiger partial charge in [0.05, 0.1) is 16.6 Å². The average Bonchev–Trinajstić information content (AvgIpc) is 2.11. The number of hydrogen-bond acceptors (Lipinski definition) is 2. The monoisotopic (exact) mass is 260 g/mol. The number of carbonyl (C=O) groups is 1. The predicted molar refractivity (Wildman–Crippen MR) is 55.3 cm³/mol. The molecule has 0 spiro atoms. The summed E-state index contributed by atoms with van der Waals surface area (Å²) in [4.78, 5) is 11.2. The first-order valence-electron chi connectivity index (χ1n) is 4.19. The molecule has 0 atom stereocenters. The van der Waals surface area contributed by atoms with Crippen molar-refractivity contribution in [3.8, 4) is 5.75 Å². The zero-order chi connectivity index (χ0) is 10.7. The van der Waals surface area contributed by atoms with Crippen molar-refractivity contribution in [1.29, 1.82) is 0 Å². The average molecular weight is 261 g/mol. The molecule has 0 aliphatic rings. The molecular weight excluding hydrogens is 251 g/mol. The van der Waals surface area contributed by atoms with E-state index >= 15 is 0 Å². The lowest BCUT2D eigenvalue weighted by atomic mass is 10.1. The van der Waals surface area contributed by atoms with Gasteiger partial charge in [-0.2, -0.15) is 0 Å². The van der Waals surface area contributed by atoms with E-state index in [4.69, 9.17) is 4.74 Å². The van der Waals surface area contributed by atoms with Gasteiger partial charge in [-0.15, -0.1) is 0 Å². The maximum absolute atomic E-state index is 13.1. The minimum absolute atomic E-state index is 0.163. The van der Waals surface area contributed by atoms with Crippen molar-refractivity contribution >= 4 is 21.7 Å². The minimum atomic E-state index is -0.460. The van der Waals surface area contributed by atoms with E-state index in [1.165, 1.54) is 19.1 Å². The Bertz CT molecular complexity index is 363. The second kappa shape index (κ2) is 4.55. The largest absolute Gasteiger partial charge is 0.493 e. The summed E-state index contributed by atoms with van der Waals surface area (Å²) in [6, 6.07) is 2.72. The van der Waals surface area contributed by atoms with Crippen LogP contribution in [0.4, 0.5) is 4.39 Å². The van der Waals surface area contributed by atoms with Crippen LogP contribution in [0.3, 0.4) is 0 Å². The second-order valence-corrected chi connectivity index (χ2v) is 3.52. The number of ether oxygens (including phenoxy) is 1. The molecule has 2 nitrogen and oxygen atoms in total. The van der Waals surface area contributed by atoms with E-state index in [1.807, 2.05) is 0 Å². The fourth-order valence-corrected chi connectivity index (χ4v) is 1.74. The van der Waals surface area contributed by atoms with E-state index in [-0.39, 0.29) is 15.8 Å². The van der Waals surface area contributed by atoms with Gasteiger partial charge in [-0.05, 0) is 41.9 Å². The van der Waals surface area contributed by atoms with Gasteiger partial charge >= 0.3 is 0 Å². The van der Waals surface area contributed by atoms with E-state index in [2.05, 4.69) is 15.9 Å². The molecule has 1 aromatic carbocycles. The maximum Gasteiger partial charge on any atom is 0.164 e. The molecule has 0 bridgehead atoms. The van der Waals surface area contributed by atoms with Crippen molar-refractivity contribution in [1.82, 2.24) is 0 Å². The molecule has 1 aromatic rings. The molecule has 0 amide bonds. The Hall–Kier alpha value is -0.900. The molecule has 0 unspecified atom stereocenters. The zero-order valence-corrected chi connectivity index (χ0v) is 9.52. The molecule has 0 radical (unpaired) electrons. The number of hydrogen-bond donors (Lipinski definition) is 0. The summed E-state index contributed by atoms with van der Waals surface area (Å²) in [6.07, 6.45) is 0. The van der Waals surface area contributed by atoms with Crippen molar-refractivity contribution in [2.24, 2.45) is 0 Å². The van der Waals surface area contributed by atoms with Crippen molar-refractivity contribution in [2.45, 2.75) is 13.8 Å². The standard InChI is InChI=1S/C10H10BrFO2/c1-3-14-8-5-4-7(12)10(11)9(8)6(2)13/h4-5H,3H2,1-2H3. The Kier molecular flexibility index (Phi) is 3.63. The summed E-state index contributed by atoms with van der Waals surface area (Å²) >= 11 is 3.03. The van der Waals surface area contributed by atoms with E-state index in [0.717, 1.165) is 0 Å². The molecule has 0 aliphatic heterocycles. The van der Waals surface area contributed by atoms with Gasteiger partial charge < -0.3 is 4.74 Å². The van der Waals surface area contributed by atoms with Gasteiger partial charge in [0.1, 0.15) is 11.6 Å². The summed E-state index contributed by atoms with van der Waals surface area (Å²) in [6.45, 7) is 3.63.